The number of aromatic nitrogens is 3. The van der Waals surface area contributed by atoms with Gasteiger partial charge in [0.05, 0.1) is 35.2 Å². The van der Waals surface area contributed by atoms with Crippen LogP contribution < -0.4 is 5.32 Å². The second-order valence-electron chi connectivity index (χ2n) is 8.31. The van der Waals surface area contributed by atoms with E-state index in [1.165, 1.54) is 40.5 Å². The number of amides is 1. The van der Waals surface area contributed by atoms with E-state index in [0.717, 1.165) is 30.7 Å². The number of nitrogens with zero attached hydrogens (tertiary/aromatic N) is 4. The van der Waals surface area contributed by atoms with Gasteiger partial charge >= 0.3 is 6.18 Å². The Hall–Kier alpha value is -4.04. The van der Waals surface area contributed by atoms with Crippen molar-refractivity contribution in [3.05, 3.63) is 93.2 Å². The molecule has 11 heteroatoms. The monoisotopic (exact) mass is 511 g/mol. The number of benzene rings is 2. The van der Waals surface area contributed by atoms with Gasteiger partial charge in [0.1, 0.15) is 10.7 Å². The molecule has 2 aromatic carbocycles. The third-order valence-electron chi connectivity index (χ3n) is 5.84. The first-order valence-electron chi connectivity index (χ1n) is 10.9. The van der Waals surface area contributed by atoms with Gasteiger partial charge in [0.25, 0.3) is 5.91 Å². The minimum absolute atomic E-state index is 0.000162. The van der Waals surface area contributed by atoms with Gasteiger partial charge in [0.15, 0.2) is 5.69 Å². The topological polar surface area (TPSA) is 64.2 Å². The molecule has 0 radical (unpaired) electrons. The minimum Gasteiger partial charge on any atom is -0.347 e. The summed E-state index contributed by atoms with van der Waals surface area (Å²) in [5.41, 5.74) is 2.27. The lowest BCUT2D eigenvalue weighted by Crippen LogP contribution is -2.23. The van der Waals surface area contributed by atoms with Crippen LogP contribution in [-0.4, -0.2) is 20.7 Å². The van der Waals surface area contributed by atoms with Crippen molar-refractivity contribution in [2.75, 3.05) is 0 Å². The van der Waals surface area contributed by atoms with Crippen molar-refractivity contribution in [2.24, 2.45) is 0 Å². The highest BCUT2D eigenvalue weighted by Gasteiger charge is 2.34. The summed E-state index contributed by atoms with van der Waals surface area (Å²) in [7, 11) is 0. The molecule has 1 amide bonds. The lowest BCUT2D eigenvalue weighted by atomic mass is 10.1. The maximum atomic E-state index is 14.8. The van der Waals surface area contributed by atoms with Crippen molar-refractivity contribution in [2.45, 2.75) is 31.5 Å². The summed E-state index contributed by atoms with van der Waals surface area (Å²) >= 11 is 1.27. The Kier molecular flexibility index (Phi) is 6.05. The quantitative estimate of drug-likeness (QED) is 0.237. The molecule has 1 N–H and O–H groups in total. The Balaban J connectivity index is 1.31. The number of hydrogen-bond acceptors (Lipinski definition) is 4. The van der Waals surface area contributed by atoms with Crippen molar-refractivity contribution in [1.82, 2.24) is 20.1 Å². The van der Waals surface area contributed by atoms with Crippen molar-refractivity contribution in [3.8, 4) is 16.8 Å². The van der Waals surface area contributed by atoms with Gasteiger partial charge in [0.2, 0.25) is 0 Å². The summed E-state index contributed by atoms with van der Waals surface area (Å²) in [6.45, 7) is 6.95. The predicted octanol–water partition coefficient (Wildman–Crippen LogP) is 6.51. The van der Waals surface area contributed by atoms with Gasteiger partial charge in [-0.25, -0.2) is 18.9 Å². The number of rotatable bonds is 6. The van der Waals surface area contributed by atoms with Gasteiger partial charge in [-0.2, -0.15) is 18.3 Å². The Morgan fingerprint density at radius 1 is 1.19 bits per heavy atom. The summed E-state index contributed by atoms with van der Waals surface area (Å²) in [6.07, 6.45) is 0.251. The second-order valence-corrected chi connectivity index (χ2v) is 9.17. The van der Waals surface area contributed by atoms with Gasteiger partial charge in [-0.15, -0.1) is 11.3 Å². The Bertz CT molecular complexity index is 1500. The van der Waals surface area contributed by atoms with Crippen molar-refractivity contribution >= 4 is 22.9 Å². The first kappa shape index (κ1) is 23.7. The normalized spacial score (nSPS) is 13.4. The van der Waals surface area contributed by atoms with Gasteiger partial charge in [-0.3, -0.25) is 4.79 Å². The van der Waals surface area contributed by atoms with Crippen LogP contribution in [0.5, 0.6) is 0 Å². The molecule has 1 aliphatic rings. The molecule has 1 fully saturated rings. The van der Waals surface area contributed by atoms with Crippen LogP contribution in [0.15, 0.2) is 54.3 Å². The molecule has 36 heavy (non-hydrogen) atoms. The summed E-state index contributed by atoms with van der Waals surface area (Å²) in [5, 5.41) is 6.84. The number of nitrogens with one attached hydrogen (secondary N) is 1. The molecule has 0 saturated heterocycles. The molecular formula is C25H17F4N5OS. The zero-order valence-corrected chi connectivity index (χ0v) is 19.3. The second kappa shape index (κ2) is 9.20. The maximum absolute atomic E-state index is 14.8. The standard InChI is InChI=1S/C25H17F4N5OS/c1-30-21-7-6-18(9-19(21)25(27,28)29)34-12-17(11-33-34)15-4-5-16(20(26)8-15)10-31-24(35)23-22(14-2-3-14)32-13-36-23/h4-9,11-14H,2-3,10H2,(H,31,35). The van der Waals surface area contributed by atoms with Crippen LogP contribution in [-0.2, 0) is 12.7 Å². The highest BCUT2D eigenvalue weighted by atomic mass is 32.1. The largest absolute Gasteiger partial charge is 0.407 e. The van der Waals surface area contributed by atoms with Crippen LogP contribution in [0.3, 0.4) is 0 Å². The average molecular weight is 512 g/mol. The molecule has 5 rings (SSSR count). The fraction of sp³-hybridized carbons (Fsp3) is 0.200. The molecule has 182 valence electrons. The molecule has 0 atom stereocenters. The maximum Gasteiger partial charge on any atom is 0.407 e. The molecular weight excluding hydrogens is 494 g/mol. The molecule has 0 aliphatic heterocycles. The highest BCUT2D eigenvalue weighted by Crippen LogP contribution is 2.42. The molecule has 2 heterocycles. The van der Waals surface area contributed by atoms with Crippen LogP contribution in [0.25, 0.3) is 21.7 Å². The van der Waals surface area contributed by atoms with E-state index in [4.69, 9.17) is 6.57 Å². The Morgan fingerprint density at radius 2 is 2.00 bits per heavy atom. The predicted molar refractivity (Wildman–Crippen MR) is 125 cm³/mol. The van der Waals surface area contributed by atoms with Crippen molar-refractivity contribution < 1.29 is 22.4 Å². The van der Waals surface area contributed by atoms with Gasteiger partial charge in [0, 0.05) is 29.8 Å². The van der Waals surface area contributed by atoms with Crippen molar-refractivity contribution in [3.63, 3.8) is 0 Å². The first-order valence-corrected chi connectivity index (χ1v) is 11.8. The van der Waals surface area contributed by atoms with E-state index in [0.29, 0.717) is 27.5 Å². The zero-order valence-electron chi connectivity index (χ0n) is 18.5. The van der Waals surface area contributed by atoms with Crippen LogP contribution in [0, 0.1) is 12.4 Å². The highest BCUT2D eigenvalue weighted by molar-refractivity contribution is 7.11. The van der Waals surface area contributed by atoms with Gasteiger partial charge in [-0.05, 0) is 36.6 Å². The van der Waals surface area contributed by atoms with E-state index in [2.05, 4.69) is 20.2 Å². The Morgan fingerprint density at radius 3 is 2.69 bits per heavy atom. The van der Waals surface area contributed by atoms with E-state index in [-0.39, 0.29) is 18.1 Å². The fourth-order valence-electron chi connectivity index (χ4n) is 3.80. The van der Waals surface area contributed by atoms with Crippen LogP contribution in [0.4, 0.5) is 23.2 Å². The molecule has 4 aromatic rings. The summed E-state index contributed by atoms with van der Waals surface area (Å²) < 4.78 is 55.9. The molecule has 0 spiro atoms. The lowest BCUT2D eigenvalue weighted by Gasteiger charge is -2.11. The van der Waals surface area contributed by atoms with E-state index in [9.17, 15) is 22.4 Å². The number of carbonyl (C=O) groups is 1. The van der Waals surface area contributed by atoms with E-state index in [1.54, 1.807) is 17.6 Å². The summed E-state index contributed by atoms with van der Waals surface area (Å²) in [6, 6.07) is 7.79. The van der Waals surface area contributed by atoms with E-state index < -0.39 is 23.2 Å². The Labute approximate surface area is 207 Å². The van der Waals surface area contributed by atoms with E-state index in [1.807, 2.05) is 0 Å². The summed E-state index contributed by atoms with van der Waals surface area (Å²) in [4.78, 5) is 20.3. The van der Waals surface area contributed by atoms with Crippen LogP contribution in [0.1, 0.15) is 45.3 Å². The third-order valence-corrected chi connectivity index (χ3v) is 6.69. The average Bonchev–Trinajstić information content (AvgIpc) is 3.37. The number of alkyl halides is 3. The third kappa shape index (κ3) is 4.72. The van der Waals surface area contributed by atoms with Crippen LogP contribution in [0.2, 0.25) is 0 Å². The SMILES string of the molecule is [C-]#[N+]c1ccc(-n2cc(-c3ccc(CNC(=O)c4scnc4C4CC4)c(F)c3)cn2)cc1C(F)(F)F. The van der Waals surface area contributed by atoms with Crippen molar-refractivity contribution in [1.29, 1.82) is 0 Å². The minimum atomic E-state index is -4.68. The molecule has 1 aliphatic carbocycles. The number of halogens is 4. The lowest BCUT2D eigenvalue weighted by molar-refractivity contribution is -0.136. The smallest absolute Gasteiger partial charge is 0.347 e. The molecule has 0 unspecified atom stereocenters. The first-order chi connectivity index (χ1) is 17.2. The molecule has 1 saturated carbocycles. The molecule has 0 bridgehead atoms. The fourth-order valence-corrected chi connectivity index (χ4v) is 4.59. The number of hydrogen-bond donors (Lipinski definition) is 1. The zero-order chi connectivity index (χ0) is 25.4. The van der Waals surface area contributed by atoms with Gasteiger partial charge in [-0.1, -0.05) is 18.2 Å². The van der Waals surface area contributed by atoms with Gasteiger partial charge < -0.3 is 5.32 Å². The van der Waals surface area contributed by atoms with Crippen LogP contribution >= 0.6 is 11.3 Å². The molecule has 6 nitrogen and oxygen atoms in total. The molecule has 2 aromatic heterocycles. The van der Waals surface area contributed by atoms with E-state index >= 15 is 0 Å². The number of thiazole rings is 1. The number of carbonyl (C=O) groups excluding carboxylic acids is 1. The summed E-state index contributed by atoms with van der Waals surface area (Å²) in [5.74, 6) is -0.487.